The molecule has 0 spiro atoms. The number of carbonyl (C=O) groups excluding carboxylic acids is 1. The lowest BCUT2D eigenvalue weighted by molar-refractivity contribution is -0.137. The number of hydrogen-bond donors (Lipinski definition) is 0. The van der Waals surface area contributed by atoms with E-state index in [2.05, 4.69) is 0 Å². The minimum absolute atomic E-state index is 0.137. The van der Waals surface area contributed by atoms with Gasteiger partial charge in [-0.2, -0.15) is 13.2 Å². The van der Waals surface area contributed by atoms with Crippen molar-refractivity contribution in [1.82, 2.24) is 4.90 Å². The van der Waals surface area contributed by atoms with Gasteiger partial charge in [0.05, 0.1) is 5.56 Å². The van der Waals surface area contributed by atoms with Gasteiger partial charge >= 0.3 is 6.18 Å². The van der Waals surface area contributed by atoms with Gasteiger partial charge < -0.3 is 4.90 Å². The lowest BCUT2D eigenvalue weighted by Crippen LogP contribution is -2.34. The van der Waals surface area contributed by atoms with Gasteiger partial charge in [-0.3, -0.25) is 4.79 Å². The lowest BCUT2D eigenvalue weighted by Gasteiger charge is -2.23. The van der Waals surface area contributed by atoms with E-state index in [1.54, 1.807) is 0 Å². The van der Waals surface area contributed by atoms with Crippen molar-refractivity contribution in [3.63, 3.8) is 0 Å². The lowest BCUT2D eigenvalue weighted by atomic mass is 10.1. The van der Waals surface area contributed by atoms with Crippen LogP contribution in [0.2, 0.25) is 0 Å². The summed E-state index contributed by atoms with van der Waals surface area (Å²) in [5.41, 5.74) is -0.362. The average Bonchev–Trinajstić information content (AvgIpc) is 3.31. The van der Waals surface area contributed by atoms with Crippen LogP contribution in [0.15, 0.2) is 24.3 Å². The van der Waals surface area contributed by atoms with Crippen LogP contribution >= 0.6 is 0 Å². The first-order valence-electron chi connectivity index (χ1n) is 7.40. The Morgan fingerprint density at radius 1 is 1.00 bits per heavy atom. The second-order valence-corrected chi connectivity index (χ2v) is 6.17. The van der Waals surface area contributed by atoms with Crippen LogP contribution < -0.4 is 0 Å². The van der Waals surface area contributed by atoms with Crippen molar-refractivity contribution in [3.05, 3.63) is 35.4 Å². The van der Waals surface area contributed by atoms with Crippen LogP contribution in [0.4, 0.5) is 13.2 Å². The van der Waals surface area contributed by atoms with E-state index in [1.165, 1.54) is 12.1 Å². The smallest absolute Gasteiger partial charge is 0.338 e. The maximum atomic E-state index is 12.5. The Kier molecular flexibility index (Phi) is 3.68. The van der Waals surface area contributed by atoms with Gasteiger partial charge in [0.1, 0.15) is 0 Å². The van der Waals surface area contributed by atoms with Crippen molar-refractivity contribution in [2.45, 2.75) is 31.9 Å². The Hall–Kier alpha value is -1.52. The first-order valence-corrected chi connectivity index (χ1v) is 7.40. The molecular formula is C16H18F3NO. The minimum atomic E-state index is -4.36. The van der Waals surface area contributed by atoms with Gasteiger partial charge in [0.15, 0.2) is 0 Å². The molecule has 2 saturated carbocycles. The Balaban J connectivity index is 1.71. The molecule has 5 heteroatoms. The molecule has 21 heavy (non-hydrogen) atoms. The quantitative estimate of drug-likeness (QED) is 0.805. The molecular weight excluding hydrogens is 279 g/mol. The summed E-state index contributed by atoms with van der Waals surface area (Å²) >= 11 is 0. The zero-order valence-corrected chi connectivity index (χ0v) is 11.7. The zero-order chi connectivity index (χ0) is 15.0. The second-order valence-electron chi connectivity index (χ2n) is 6.17. The fourth-order valence-corrected chi connectivity index (χ4v) is 2.45. The molecule has 2 aliphatic carbocycles. The van der Waals surface area contributed by atoms with Crippen LogP contribution in [0.25, 0.3) is 0 Å². The number of carbonyl (C=O) groups is 1. The molecule has 1 aromatic rings. The Morgan fingerprint density at radius 2 is 1.48 bits per heavy atom. The maximum absolute atomic E-state index is 12.5. The van der Waals surface area contributed by atoms with E-state index < -0.39 is 11.7 Å². The highest BCUT2D eigenvalue weighted by Gasteiger charge is 2.33. The predicted molar refractivity (Wildman–Crippen MR) is 72.8 cm³/mol. The zero-order valence-electron chi connectivity index (χ0n) is 11.7. The van der Waals surface area contributed by atoms with Crippen molar-refractivity contribution in [1.29, 1.82) is 0 Å². The van der Waals surface area contributed by atoms with Gasteiger partial charge in [-0.15, -0.1) is 0 Å². The van der Waals surface area contributed by atoms with Crippen molar-refractivity contribution in [3.8, 4) is 0 Å². The number of benzene rings is 1. The van der Waals surface area contributed by atoms with Crippen LogP contribution in [-0.2, 0) is 6.18 Å². The van der Waals surface area contributed by atoms with Gasteiger partial charge in [0.2, 0.25) is 0 Å². The molecule has 2 aliphatic rings. The average molecular weight is 297 g/mol. The molecule has 1 amide bonds. The number of hydrogen-bond acceptors (Lipinski definition) is 1. The second kappa shape index (κ2) is 5.35. The number of halogens is 3. The third-order valence-corrected chi connectivity index (χ3v) is 4.10. The van der Waals surface area contributed by atoms with Crippen molar-refractivity contribution in [2.24, 2.45) is 11.8 Å². The summed E-state index contributed by atoms with van der Waals surface area (Å²) < 4.78 is 37.6. The first kappa shape index (κ1) is 14.4. The van der Waals surface area contributed by atoms with Gasteiger partial charge in [-0.25, -0.2) is 0 Å². The van der Waals surface area contributed by atoms with E-state index >= 15 is 0 Å². The largest absolute Gasteiger partial charge is 0.416 e. The molecule has 0 atom stereocenters. The Morgan fingerprint density at radius 3 is 1.86 bits per heavy atom. The van der Waals surface area contributed by atoms with Gasteiger partial charge in [0.25, 0.3) is 5.91 Å². The molecule has 1 aromatic carbocycles. The highest BCUT2D eigenvalue weighted by molar-refractivity contribution is 5.94. The van der Waals surface area contributed by atoms with E-state index in [1.807, 2.05) is 4.90 Å². The Bertz CT molecular complexity index is 501. The van der Waals surface area contributed by atoms with Crippen LogP contribution in [0.5, 0.6) is 0 Å². The number of rotatable bonds is 5. The van der Waals surface area contributed by atoms with Crippen LogP contribution in [-0.4, -0.2) is 23.9 Å². The molecule has 0 bridgehead atoms. The van der Waals surface area contributed by atoms with Gasteiger partial charge in [-0.1, -0.05) is 0 Å². The highest BCUT2D eigenvalue weighted by Crippen LogP contribution is 2.34. The molecule has 0 unspecified atom stereocenters. The van der Waals surface area contributed by atoms with E-state index in [9.17, 15) is 18.0 Å². The summed E-state index contributed by atoms with van der Waals surface area (Å²) in [7, 11) is 0. The number of nitrogens with zero attached hydrogens (tertiary/aromatic N) is 1. The summed E-state index contributed by atoms with van der Waals surface area (Å²) in [6, 6.07) is 4.55. The summed E-state index contributed by atoms with van der Waals surface area (Å²) in [4.78, 5) is 14.3. The third-order valence-electron chi connectivity index (χ3n) is 4.10. The molecule has 2 fully saturated rings. The molecule has 0 aromatic heterocycles. The fraction of sp³-hybridized carbons (Fsp3) is 0.562. The summed E-state index contributed by atoms with van der Waals surface area (Å²) in [5, 5.41) is 0. The van der Waals surface area contributed by atoms with Gasteiger partial charge in [0, 0.05) is 18.7 Å². The SMILES string of the molecule is O=C(c1ccc(C(F)(F)F)cc1)N(CC1CC1)CC1CC1. The van der Waals surface area contributed by atoms with E-state index in [4.69, 9.17) is 0 Å². The third kappa shape index (κ3) is 3.77. The van der Waals surface area contributed by atoms with E-state index in [-0.39, 0.29) is 5.91 Å². The molecule has 2 nitrogen and oxygen atoms in total. The first-order chi connectivity index (χ1) is 9.93. The molecule has 0 N–H and O–H groups in total. The van der Waals surface area contributed by atoms with Crippen LogP contribution in [0.1, 0.15) is 41.6 Å². The molecule has 0 radical (unpaired) electrons. The molecule has 0 heterocycles. The fourth-order valence-electron chi connectivity index (χ4n) is 2.45. The van der Waals surface area contributed by atoms with Gasteiger partial charge in [-0.05, 0) is 61.8 Å². The van der Waals surface area contributed by atoms with E-state index in [0.29, 0.717) is 17.4 Å². The number of alkyl halides is 3. The minimum Gasteiger partial charge on any atom is -0.338 e. The topological polar surface area (TPSA) is 20.3 Å². The van der Waals surface area contributed by atoms with Crippen molar-refractivity contribution < 1.29 is 18.0 Å². The van der Waals surface area contributed by atoms with Crippen LogP contribution in [0, 0.1) is 11.8 Å². The molecule has 0 saturated heterocycles. The monoisotopic (exact) mass is 297 g/mol. The standard InChI is InChI=1S/C16H18F3NO/c17-16(18,19)14-7-5-13(6-8-14)15(21)20(9-11-1-2-11)10-12-3-4-12/h5-8,11-12H,1-4,9-10H2. The van der Waals surface area contributed by atoms with Crippen molar-refractivity contribution >= 4 is 5.91 Å². The summed E-state index contributed by atoms with van der Waals surface area (Å²) in [5.74, 6) is 1.03. The molecule has 114 valence electrons. The summed E-state index contributed by atoms with van der Waals surface area (Å²) in [6.07, 6.45) is 0.259. The predicted octanol–water partition coefficient (Wildman–Crippen LogP) is 3.97. The highest BCUT2D eigenvalue weighted by atomic mass is 19.4. The van der Waals surface area contributed by atoms with Crippen molar-refractivity contribution in [2.75, 3.05) is 13.1 Å². The maximum Gasteiger partial charge on any atom is 0.416 e. The number of amides is 1. The Labute approximate surface area is 121 Å². The van der Waals surface area contributed by atoms with E-state index in [0.717, 1.165) is 50.9 Å². The summed E-state index contributed by atoms with van der Waals surface area (Å²) in [6.45, 7) is 1.49. The van der Waals surface area contributed by atoms with Crippen LogP contribution in [0.3, 0.4) is 0 Å². The normalized spacial score (nSPS) is 18.6. The molecule has 0 aliphatic heterocycles. The molecule has 3 rings (SSSR count).